The first-order valence-corrected chi connectivity index (χ1v) is 10.5. The summed E-state index contributed by atoms with van der Waals surface area (Å²) in [5, 5.41) is 11.7. The van der Waals surface area contributed by atoms with Crippen molar-refractivity contribution in [2.45, 2.75) is 18.9 Å². The molecule has 2 aromatic heterocycles. The standard InChI is InChI=1S/C23H22FN7O/c24-16-6-8-17(9-7-16)29-23(32)15-4-1-3-14(11-15)20-19-21(25)27-13-28-22(19)31(30-20)18-5-2-10-26-12-18/h1,3-4,6-9,11,13,18,26H,2,5,10,12H2,(H,29,32)(H2,25,27,28)/t18-/m1/s1. The lowest BCUT2D eigenvalue weighted by Gasteiger charge is -2.23. The molecule has 4 aromatic rings. The van der Waals surface area contributed by atoms with Gasteiger partial charge < -0.3 is 16.4 Å². The number of amides is 1. The van der Waals surface area contributed by atoms with E-state index >= 15 is 0 Å². The molecule has 1 aliphatic heterocycles. The number of anilines is 2. The molecule has 1 atom stereocenters. The maximum absolute atomic E-state index is 13.1. The lowest BCUT2D eigenvalue weighted by molar-refractivity contribution is 0.102. The van der Waals surface area contributed by atoms with Crippen LogP contribution in [0, 0.1) is 5.82 Å². The van der Waals surface area contributed by atoms with Gasteiger partial charge in [-0.25, -0.2) is 19.0 Å². The van der Waals surface area contributed by atoms with Crippen LogP contribution >= 0.6 is 0 Å². The Bertz CT molecular complexity index is 1280. The molecule has 0 spiro atoms. The predicted octanol–water partition coefficient (Wildman–Crippen LogP) is 3.39. The number of carbonyl (C=O) groups excluding carboxylic acids is 1. The topological polar surface area (TPSA) is 111 Å². The minimum absolute atomic E-state index is 0.166. The molecule has 9 heteroatoms. The first kappa shape index (κ1) is 20.1. The number of nitrogens with zero attached hydrogens (tertiary/aromatic N) is 4. The molecule has 3 heterocycles. The zero-order chi connectivity index (χ0) is 22.1. The summed E-state index contributed by atoms with van der Waals surface area (Å²) in [4.78, 5) is 21.4. The second kappa shape index (κ2) is 8.35. The largest absolute Gasteiger partial charge is 0.383 e. The van der Waals surface area contributed by atoms with Gasteiger partial charge in [0, 0.05) is 23.4 Å². The van der Waals surface area contributed by atoms with Gasteiger partial charge in [0.1, 0.15) is 23.7 Å². The van der Waals surface area contributed by atoms with E-state index in [4.69, 9.17) is 10.8 Å². The number of fused-ring (bicyclic) bond motifs is 1. The second-order valence-electron chi connectivity index (χ2n) is 7.79. The molecule has 32 heavy (non-hydrogen) atoms. The van der Waals surface area contributed by atoms with E-state index in [2.05, 4.69) is 20.6 Å². The smallest absolute Gasteiger partial charge is 0.255 e. The summed E-state index contributed by atoms with van der Waals surface area (Å²) in [5.41, 5.74) is 9.24. The number of hydrogen-bond donors (Lipinski definition) is 3. The van der Waals surface area contributed by atoms with Crippen molar-refractivity contribution in [3.8, 4) is 11.3 Å². The summed E-state index contributed by atoms with van der Waals surface area (Å²) >= 11 is 0. The highest BCUT2D eigenvalue weighted by atomic mass is 19.1. The average Bonchev–Trinajstić information content (AvgIpc) is 3.22. The Morgan fingerprint density at radius 2 is 2.03 bits per heavy atom. The number of nitrogen functional groups attached to an aromatic ring is 1. The maximum Gasteiger partial charge on any atom is 0.255 e. The van der Waals surface area contributed by atoms with Crippen molar-refractivity contribution in [2.24, 2.45) is 0 Å². The Labute approximate surface area is 183 Å². The van der Waals surface area contributed by atoms with E-state index < -0.39 is 0 Å². The van der Waals surface area contributed by atoms with Crippen LogP contribution in [0.25, 0.3) is 22.3 Å². The minimum Gasteiger partial charge on any atom is -0.383 e. The number of aromatic nitrogens is 4. The van der Waals surface area contributed by atoms with Crippen molar-refractivity contribution in [1.82, 2.24) is 25.1 Å². The van der Waals surface area contributed by atoms with Crippen LogP contribution < -0.4 is 16.4 Å². The van der Waals surface area contributed by atoms with Crippen LogP contribution in [0.1, 0.15) is 29.2 Å². The molecule has 2 aromatic carbocycles. The third-order valence-corrected chi connectivity index (χ3v) is 5.64. The summed E-state index contributed by atoms with van der Waals surface area (Å²) in [6.45, 7) is 1.80. The molecule has 1 fully saturated rings. The van der Waals surface area contributed by atoms with E-state index in [0.717, 1.165) is 31.5 Å². The van der Waals surface area contributed by atoms with Gasteiger partial charge in [0.2, 0.25) is 0 Å². The number of carbonyl (C=O) groups is 1. The number of nitrogens with one attached hydrogen (secondary N) is 2. The van der Waals surface area contributed by atoms with E-state index in [9.17, 15) is 9.18 Å². The van der Waals surface area contributed by atoms with Gasteiger partial charge in [-0.15, -0.1) is 0 Å². The molecule has 0 radical (unpaired) electrons. The number of hydrogen-bond acceptors (Lipinski definition) is 6. The molecule has 162 valence electrons. The number of piperidine rings is 1. The Morgan fingerprint density at radius 3 is 2.81 bits per heavy atom. The van der Waals surface area contributed by atoms with Crippen molar-refractivity contribution in [1.29, 1.82) is 0 Å². The molecule has 1 amide bonds. The van der Waals surface area contributed by atoms with Gasteiger partial charge in [0.05, 0.1) is 11.4 Å². The SMILES string of the molecule is Nc1ncnc2c1c(-c1cccc(C(=O)Nc3ccc(F)cc3)c1)nn2[C@@H]1CCCNC1. The van der Waals surface area contributed by atoms with Crippen molar-refractivity contribution in [3.63, 3.8) is 0 Å². The Morgan fingerprint density at radius 1 is 1.19 bits per heavy atom. The highest BCUT2D eigenvalue weighted by molar-refractivity contribution is 6.06. The lowest BCUT2D eigenvalue weighted by Crippen LogP contribution is -2.32. The van der Waals surface area contributed by atoms with E-state index in [1.165, 1.54) is 30.6 Å². The van der Waals surface area contributed by atoms with Crippen molar-refractivity contribution < 1.29 is 9.18 Å². The Kier molecular flexibility index (Phi) is 5.24. The molecule has 0 bridgehead atoms. The predicted molar refractivity (Wildman–Crippen MR) is 121 cm³/mol. The van der Waals surface area contributed by atoms with Gasteiger partial charge in [-0.1, -0.05) is 12.1 Å². The van der Waals surface area contributed by atoms with Gasteiger partial charge in [0.15, 0.2) is 5.65 Å². The maximum atomic E-state index is 13.1. The zero-order valence-electron chi connectivity index (χ0n) is 17.3. The number of nitrogens with two attached hydrogens (primary N) is 1. The first-order chi connectivity index (χ1) is 15.6. The van der Waals surface area contributed by atoms with Crippen molar-refractivity contribution >= 4 is 28.4 Å². The Hall–Kier alpha value is -3.85. The molecular weight excluding hydrogens is 409 g/mol. The van der Waals surface area contributed by atoms with Crippen molar-refractivity contribution in [2.75, 3.05) is 24.1 Å². The summed E-state index contributed by atoms with van der Waals surface area (Å²) in [5.74, 6) is -0.315. The summed E-state index contributed by atoms with van der Waals surface area (Å²) < 4.78 is 15.1. The highest BCUT2D eigenvalue weighted by Crippen LogP contribution is 2.33. The molecule has 4 N–H and O–H groups in total. The number of benzene rings is 2. The van der Waals surface area contributed by atoms with E-state index in [-0.39, 0.29) is 17.8 Å². The van der Waals surface area contributed by atoms with Crippen LogP contribution in [0.2, 0.25) is 0 Å². The monoisotopic (exact) mass is 431 g/mol. The van der Waals surface area contributed by atoms with Crippen LogP contribution in [0.4, 0.5) is 15.9 Å². The molecule has 0 unspecified atom stereocenters. The fourth-order valence-electron chi connectivity index (χ4n) is 4.04. The molecule has 1 saturated heterocycles. The van der Waals surface area contributed by atoms with Gasteiger partial charge in [-0.3, -0.25) is 4.79 Å². The van der Waals surface area contributed by atoms with Gasteiger partial charge in [-0.05, 0) is 55.8 Å². The van der Waals surface area contributed by atoms with Crippen LogP contribution in [0.3, 0.4) is 0 Å². The second-order valence-corrected chi connectivity index (χ2v) is 7.79. The third-order valence-electron chi connectivity index (χ3n) is 5.64. The lowest BCUT2D eigenvalue weighted by atomic mass is 10.1. The highest BCUT2D eigenvalue weighted by Gasteiger charge is 2.24. The van der Waals surface area contributed by atoms with Crippen LogP contribution in [0.15, 0.2) is 54.9 Å². The summed E-state index contributed by atoms with van der Waals surface area (Å²) in [6, 6.07) is 12.9. The quantitative estimate of drug-likeness (QED) is 0.457. The van der Waals surface area contributed by atoms with Crippen LogP contribution in [0.5, 0.6) is 0 Å². The number of halogens is 1. The van der Waals surface area contributed by atoms with E-state index in [0.29, 0.717) is 33.8 Å². The normalized spacial score (nSPS) is 16.2. The fraction of sp³-hybridized carbons (Fsp3) is 0.217. The summed E-state index contributed by atoms with van der Waals surface area (Å²) in [7, 11) is 0. The molecular formula is C23H22FN7O. The Balaban J connectivity index is 1.53. The first-order valence-electron chi connectivity index (χ1n) is 10.5. The van der Waals surface area contributed by atoms with Gasteiger partial charge in [-0.2, -0.15) is 5.10 Å². The molecule has 0 aliphatic carbocycles. The van der Waals surface area contributed by atoms with E-state index in [1.807, 2.05) is 10.7 Å². The van der Waals surface area contributed by atoms with Crippen LogP contribution in [-0.2, 0) is 0 Å². The third kappa shape index (κ3) is 3.78. The molecule has 5 rings (SSSR count). The van der Waals surface area contributed by atoms with Gasteiger partial charge in [0.25, 0.3) is 5.91 Å². The minimum atomic E-state index is -0.361. The summed E-state index contributed by atoms with van der Waals surface area (Å²) in [6.07, 6.45) is 3.50. The van der Waals surface area contributed by atoms with Crippen LogP contribution in [-0.4, -0.2) is 38.7 Å². The molecule has 1 aliphatic rings. The van der Waals surface area contributed by atoms with E-state index in [1.54, 1.807) is 18.2 Å². The average molecular weight is 431 g/mol. The molecule has 0 saturated carbocycles. The molecule has 8 nitrogen and oxygen atoms in total. The fourth-order valence-corrected chi connectivity index (χ4v) is 4.04. The number of rotatable bonds is 4. The van der Waals surface area contributed by atoms with Crippen molar-refractivity contribution in [3.05, 3.63) is 66.2 Å². The zero-order valence-corrected chi connectivity index (χ0v) is 17.3. The van der Waals surface area contributed by atoms with Gasteiger partial charge >= 0.3 is 0 Å².